The van der Waals surface area contributed by atoms with E-state index in [4.69, 9.17) is 4.74 Å². The van der Waals surface area contributed by atoms with Crippen LogP contribution in [0.25, 0.3) is 0 Å². The Morgan fingerprint density at radius 1 is 1.35 bits per heavy atom. The first kappa shape index (κ1) is 17.0. The van der Waals surface area contributed by atoms with E-state index in [1.54, 1.807) is 6.92 Å². The zero-order chi connectivity index (χ0) is 15.6. The lowest BCUT2D eigenvalue weighted by molar-refractivity contribution is -0.156. The molecule has 0 saturated heterocycles. The Hall–Kier alpha value is -1.06. The molecular formula is C16H29NO3. The smallest absolute Gasteiger partial charge is 0.319 e. The molecule has 1 aliphatic carbocycles. The van der Waals surface area contributed by atoms with Gasteiger partial charge in [-0.15, -0.1) is 0 Å². The van der Waals surface area contributed by atoms with E-state index in [1.807, 2.05) is 20.8 Å². The summed E-state index contributed by atoms with van der Waals surface area (Å²) in [6.45, 7) is 12.2. The Labute approximate surface area is 122 Å². The van der Waals surface area contributed by atoms with Crippen molar-refractivity contribution in [3.05, 3.63) is 0 Å². The molecule has 0 bridgehead atoms. The minimum absolute atomic E-state index is 0.178. The third kappa shape index (κ3) is 4.50. The Bertz CT molecular complexity index is 368. The lowest BCUT2D eigenvalue weighted by atomic mass is 9.80. The molecule has 20 heavy (non-hydrogen) atoms. The molecule has 1 aliphatic rings. The molecule has 1 fully saturated rings. The van der Waals surface area contributed by atoms with Crippen LogP contribution in [0.2, 0.25) is 0 Å². The van der Waals surface area contributed by atoms with Crippen molar-refractivity contribution in [2.24, 2.45) is 16.7 Å². The van der Waals surface area contributed by atoms with Crippen LogP contribution in [0, 0.1) is 16.7 Å². The normalized spacial score (nSPS) is 23.2. The standard InChI is InChI=1S/C16H29NO3/c1-7-20-14(19)12(15(2,3)4)13(18)17-11-8-9-16(5,6)10-11/h11-12H,7-10H2,1-6H3,(H,17,18). The summed E-state index contributed by atoms with van der Waals surface area (Å²) in [4.78, 5) is 24.5. The van der Waals surface area contributed by atoms with Crippen LogP contribution >= 0.6 is 0 Å². The Balaban J connectivity index is 2.72. The molecule has 1 saturated carbocycles. The fourth-order valence-electron chi connectivity index (χ4n) is 2.92. The summed E-state index contributed by atoms with van der Waals surface area (Å²) < 4.78 is 5.06. The van der Waals surface area contributed by atoms with Crippen molar-refractivity contribution in [2.75, 3.05) is 6.61 Å². The first-order valence-electron chi connectivity index (χ1n) is 7.54. The maximum atomic E-state index is 12.5. The van der Waals surface area contributed by atoms with Crippen LogP contribution in [0.1, 0.15) is 60.8 Å². The van der Waals surface area contributed by atoms with E-state index in [9.17, 15) is 9.59 Å². The van der Waals surface area contributed by atoms with Gasteiger partial charge < -0.3 is 10.1 Å². The molecule has 116 valence electrons. The lowest BCUT2D eigenvalue weighted by Gasteiger charge is -2.29. The summed E-state index contributed by atoms with van der Waals surface area (Å²) in [7, 11) is 0. The molecule has 2 atom stereocenters. The highest BCUT2D eigenvalue weighted by atomic mass is 16.5. The second-order valence-electron chi connectivity index (χ2n) is 7.66. The van der Waals surface area contributed by atoms with Gasteiger partial charge in [-0.25, -0.2) is 0 Å². The topological polar surface area (TPSA) is 55.4 Å². The van der Waals surface area contributed by atoms with Gasteiger partial charge in [0.25, 0.3) is 0 Å². The SMILES string of the molecule is CCOC(=O)C(C(=O)NC1CCC(C)(C)C1)C(C)(C)C. The van der Waals surface area contributed by atoms with Crippen molar-refractivity contribution in [1.82, 2.24) is 5.32 Å². The maximum Gasteiger partial charge on any atom is 0.319 e. The Kier molecular flexibility index (Phi) is 5.22. The van der Waals surface area contributed by atoms with Gasteiger partial charge in [-0.3, -0.25) is 9.59 Å². The van der Waals surface area contributed by atoms with Crippen LogP contribution in [0.15, 0.2) is 0 Å². The second kappa shape index (κ2) is 6.15. The van der Waals surface area contributed by atoms with Gasteiger partial charge in [0.2, 0.25) is 5.91 Å². The van der Waals surface area contributed by atoms with E-state index in [0.717, 1.165) is 19.3 Å². The maximum absolute atomic E-state index is 12.5. The van der Waals surface area contributed by atoms with Crippen molar-refractivity contribution in [3.8, 4) is 0 Å². The molecule has 0 aromatic rings. The van der Waals surface area contributed by atoms with Crippen LogP contribution in [0.5, 0.6) is 0 Å². The fourth-order valence-corrected chi connectivity index (χ4v) is 2.92. The van der Waals surface area contributed by atoms with Gasteiger partial charge in [-0.1, -0.05) is 34.6 Å². The highest BCUT2D eigenvalue weighted by Crippen LogP contribution is 2.37. The van der Waals surface area contributed by atoms with E-state index in [2.05, 4.69) is 19.2 Å². The summed E-state index contributed by atoms with van der Waals surface area (Å²) in [5.41, 5.74) is -0.163. The third-order valence-electron chi connectivity index (χ3n) is 3.97. The van der Waals surface area contributed by atoms with Crippen LogP contribution in [-0.4, -0.2) is 24.5 Å². The number of hydrogen-bond donors (Lipinski definition) is 1. The number of carbonyl (C=O) groups excluding carboxylic acids is 2. The number of esters is 1. The van der Waals surface area contributed by atoms with E-state index in [1.165, 1.54) is 0 Å². The van der Waals surface area contributed by atoms with Gasteiger partial charge in [0.05, 0.1) is 6.61 Å². The van der Waals surface area contributed by atoms with Crippen molar-refractivity contribution < 1.29 is 14.3 Å². The first-order chi connectivity index (χ1) is 9.07. The molecule has 0 radical (unpaired) electrons. The number of nitrogens with one attached hydrogen (secondary N) is 1. The summed E-state index contributed by atoms with van der Waals surface area (Å²) in [6.07, 6.45) is 3.06. The van der Waals surface area contributed by atoms with Crippen molar-refractivity contribution >= 4 is 11.9 Å². The molecule has 0 spiro atoms. The molecule has 0 aromatic carbocycles. The minimum atomic E-state index is -0.744. The highest BCUT2D eigenvalue weighted by Gasteiger charge is 2.41. The molecule has 0 heterocycles. The number of rotatable bonds is 4. The van der Waals surface area contributed by atoms with E-state index < -0.39 is 17.3 Å². The van der Waals surface area contributed by atoms with Crippen LogP contribution in [0.3, 0.4) is 0 Å². The highest BCUT2D eigenvalue weighted by molar-refractivity contribution is 5.98. The minimum Gasteiger partial charge on any atom is -0.465 e. The number of ether oxygens (including phenoxy) is 1. The second-order valence-corrected chi connectivity index (χ2v) is 7.66. The zero-order valence-corrected chi connectivity index (χ0v) is 13.7. The molecule has 1 N–H and O–H groups in total. The van der Waals surface area contributed by atoms with Crippen molar-refractivity contribution in [1.29, 1.82) is 0 Å². The average molecular weight is 283 g/mol. The Morgan fingerprint density at radius 2 is 1.95 bits per heavy atom. The molecule has 2 unspecified atom stereocenters. The van der Waals surface area contributed by atoms with Gasteiger partial charge >= 0.3 is 5.97 Å². The molecule has 4 nitrogen and oxygen atoms in total. The Morgan fingerprint density at radius 3 is 2.35 bits per heavy atom. The quantitative estimate of drug-likeness (QED) is 0.637. The van der Waals surface area contributed by atoms with Crippen LogP contribution in [-0.2, 0) is 14.3 Å². The lowest BCUT2D eigenvalue weighted by Crippen LogP contribution is -2.46. The van der Waals surface area contributed by atoms with Crippen molar-refractivity contribution in [3.63, 3.8) is 0 Å². The molecule has 0 aliphatic heterocycles. The van der Waals surface area contributed by atoms with Gasteiger partial charge in [0.15, 0.2) is 0 Å². The average Bonchev–Trinajstić information content (AvgIpc) is 2.55. The molecule has 1 amide bonds. The molecular weight excluding hydrogens is 254 g/mol. The van der Waals surface area contributed by atoms with Gasteiger partial charge in [-0.2, -0.15) is 0 Å². The largest absolute Gasteiger partial charge is 0.465 e. The zero-order valence-electron chi connectivity index (χ0n) is 13.7. The summed E-state index contributed by atoms with van der Waals surface area (Å²) >= 11 is 0. The van der Waals surface area contributed by atoms with Gasteiger partial charge in [0, 0.05) is 6.04 Å². The van der Waals surface area contributed by atoms with Crippen molar-refractivity contribution in [2.45, 2.75) is 66.8 Å². The van der Waals surface area contributed by atoms with E-state index >= 15 is 0 Å². The van der Waals surface area contributed by atoms with Gasteiger partial charge in [-0.05, 0) is 37.0 Å². The first-order valence-corrected chi connectivity index (χ1v) is 7.54. The predicted octanol–water partition coefficient (Wildman–Crippen LogP) is 2.91. The van der Waals surface area contributed by atoms with Gasteiger partial charge in [0.1, 0.15) is 5.92 Å². The number of amides is 1. The van der Waals surface area contributed by atoms with Crippen LogP contribution in [0.4, 0.5) is 0 Å². The molecule has 1 rings (SSSR count). The summed E-state index contributed by atoms with van der Waals surface area (Å²) in [6, 6.07) is 0.178. The summed E-state index contributed by atoms with van der Waals surface area (Å²) in [5, 5.41) is 3.04. The fraction of sp³-hybridized carbons (Fsp3) is 0.875. The third-order valence-corrected chi connectivity index (χ3v) is 3.97. The summed E-state index contributed by atoms with van der Waals surface area (Å²) in [5.74, 6) is -1.36. The monoisotopic (exact) mass is 283 g/mol. The van der Waals surface area contributed by atoms with E-state index in [0.29, 0.717) is 6.61 Å². The predicted molar refractivity (Wildman–Crippen MR) is 79.1 cm³/mol. The number of hydrogen-bond acceptors (Lipinski definition) is 3. The van der Waals surface area contributed by atoms with Crippen LogP contribution < -0.4 is 5.32 Å². The molecule has 4 heteroatoms. The van der Waals surface area contributed by atoms with E-state index in [-0.39, 0.29) is 17.4 Å². The number of carbonyl (C=O) groups is 2. The molecule has 0 aromatic heterocycles.